The molecule has 3 aromatic rings. The minimum atomic E-state index is -4.19. The summed E-state index contributed by atoms with van der Waals surface area (Å²) in [6, 6.07) is 16.7. The lowest BCUT2D eigenvalue weighted by atomic mass is 10.1. The first-order valence-electron chi connectivity index (χ1n) is 11.2. The number of nitrogens with zero attached hydrogens (tertiary/aromatic N) is 2. The van der Waals surface area contributed by atoms with Gasteiger partial charge in [0.25, 0.3) is 15.9 Å². The molecule has 1 aliphatic heterocycles. The van der Waals surface area contributed by atoms with E-state index in [-0.39, 0.29) is 28.1 Å². The number of rotatable bonds is 9. The zero-order chi connectivity index (χ0) is 27.3. The summed E-state index contributed by atoms with van der Waals surface area (Å²) in [6.45, 7) is 3.89. The molecule has 1 saturated heterocycles. The summed E-state index contributed by atoms with van der Waals surface area (Å²) in [5, 5.41) is 0.539. The molecule has 0 N–H and O–H groups in total. The Hall–Kier alpha value is -3.60. The van der Waals surface area contributed by atoms with E-state index < -0.39 is 21.7 Å². The number of ether oxygens (including phenoxy) is 2. The molecule has 0 spiro atoms. The van der Waals surface area contributed by atoms with Crippen molar-refractivity contribution in [3.8, 4) is 11.5 Å². The molecule has 1 heterocycles. The molecule has 0 aliphatic carbocycles. The van der Waals surface area contributed by atoms with Crippen LogP contribution in [0.15, 0.2) is 93.6 Å². The van der Waals surface area contributed by atoms with E-state index in [2.05, 4.69) is 11.0 Å². The maximum atomic E-state index is 13.3. The predicted octanol–water partition coefficient (Wildman–Crippen LogP) is 5.91. The Balaban J connectivity index is 1.63. The highest BCUT2D eigenvalue weighted by Crippen LogP contribution is 2.36. The largest absolute Gasteiger partial charge is 0.493 e. The quantitative estimate of drug-likeness (QED) is 0.234. The number of sulfonamides is 1. The van der Waals surface area contributed by atoms with E-state index in [9.17, 15) is 17.6 Å². The molecular formula is C27H22ClFN2O5S2. The second-order valence-corrected chi connectivity index (χ2v) is 10.9. The first kappa shape index (κ1) is 27.4. The molecule has 0 atom stereocenters. The summed E-state index contributed by atoms with van der Waals surface area (Å²) in [5.74, 6) is -0.0778. The number of thioether (sulfide) groups is 1. The number of amidine groups is 1. The third kappa shape index (κ3) is 6.27. The van der Waals surface area contributed by atoms with Gasteiger partial charge >= 0.3 is 0 Å². The third-order valence-electron chi connectivity index (χ3n) is 5.34. The van der Waals surface area contributed by atoms with Crippen LogP contribution in [-0.2, 0) is 21.4 Å². The van der Waals surface area contributed by atoms with Crippen LogP contribution in [0.4, 0.5) is 4.39 Å². The second-order valence-electron chi connectivity index (χ2n) is 7.91. The van der Waals surface area contributed by atoms with E-state index in [4.69, 9.17) is 21.1 Å². The van der Waals surface area contributed by atoms with Gasteiger partial charge in [-0.2, -0.15) is 8.42 Å². The molecule has 0 aromatic heterocycles. The van der Waals surface area contributed by atoms with Crippen molar-refractivity contribution in [1.82, 2.24) is 4.90 Å². The topological polar surface area (TPSA) is 85.3 Å². The van der Waals surface area contributed by atoms with Crippen molar-refractivity contribution in [3.63, 3.8) is 0 Å². The van der Waals surface area contributed by atoms with E-state index in [0.29, 0.717) is 22.1 Å². The molecule has 38 heavy (non-hydrogen) atoms. The lowest BCUT2D eigenvalue weighted by Crippen LogP contribution is -2.29. The zero-order valence-electron chi connectivity index (χ0n) is 20.1. The number of benzene rings is 3. The minimum Gasteiger partial charge on any atom is -0.493 e. The first-order chi connectivity index (χ1) is 18.2. The Kier molecular flexibility index (Phi) is 8.55. The van der Waals surface area contributed by atoms with Crippen LogP contribution >= 0.6 is 23.4 Å². The number of carbonyl (C=O) groups is 1. The number of amides is 1. The van der Waals surface area contributed by atoms with Crippen LogP contribution in [0.3, 0.4) is 0 Å². The molecule has 4 rings (SSSR count). The number of hydrogen-bond donors (Lipinski definition) is 0. The maximum Gasteiger partial charge on any atom is 0.284 e. The van der Waals surface area contributed by atoms with Crippen molar-refractivity contribution in [3.05, 3.63) is 106 Å². The van der Waals surface area contributed by atoms with Gasteiger partial charge in [0.1, 0.15) is 12.4 Å². The number of hydrogen-bond acceptors (Lipinski definition) is 6. The summed E-state index contributed by atoms with van der Waals surface area (Å²) in [6.07, 6.45) is 3.08. The Labute approximate surface area is 229 Å². The van der Waals surface area contributed by atoms with Gasteiger partial charge in [-0.3, -0.25) is 9.69 Å². The van der Waals surface area contributed by atoms with Gasteiger partial charge in [0.2, 0.25) is 0 Å². The Morgan fingerprint density at radius 3 is 2.53 bits per heavy atom. The fraction of sp³-hybridized carbons (Fsp3) is 0.111. The molecule has 3 aromatic carbocycles. The summed E-state index contributed by atoms with van der Waals surface area (Å²) in [4.78, 5) is 14.4. The van der Waals surface area contributed by atoms with E-state index in [1.807, 2.05) is 18.2 Å². The zero-order valence-corrected chi connectivity index (χ0v) is 22.5. The van der Waals surface area contributed by atoms with Gasteiger partial charge in [-0.15, -0.1) is 11.0 Å². The summed E-state index contributed by atoms with van der Waals surface area (Å²) < 4.78 is 54.1. The molecule has 1 fully saturated rings. The van der Waals surface area contributed by atoms with Crippen molar-refractivity contribution < 1.29 is 27.1 Å². The van der Waals surface area contributed by atoms with Gasteiger partial charge < -0.3 is 9.47 Å². The van der Waals surface area contributed by atoms with Crippen molar-refractivity contribution >= 4 is 50.5 Å². The highest BCUT2D eigenvalue weighted by molar-refractivity contribution is 8.19. The van der Waals surface area contributed by atoms with Gasteiger partial charge in [0.15, 0.2) is 16.7 Å². The van der Waals surface area contributed by atoms with E-state index in [0.717, 1.165) is 41.6 Å². The van der Waals surface area contributed by atoms with Gasteiger partial charge in [-0.25, -0.2) is 4.39 Å². The van der Waals surface area contributed by atoms with E-state index in [1.165, 1.54) is 18.1 Å². The van der Waals surface area contributed by atoms with Crippen molar-refractivity contribution in [2.24, 2.45) is 4.40 Å². The maximum absolute atomic E-state index is 13.3. The third-order valence-corrected chi connectivity index (χ3v) is 8.11. The van der Waals surface area contributed by atoms with Gasteiger partial charge in [0.05, 0.1) is 16.9 Å². The van der Waals surface area contributed by atoms with Crippen LogP contribution in [0, 0.1) is 5.82 Å². The fourth-order valence-corrected chi connectivity index (χ4v) is 5.83. The standard InChI is InChI=1S/C27H22ClFN2O5S2/c1-3-14-31-26(32)25(37-27(31)30-38(33,34)21-11-9-20(29)10-12-21)16-18-8-13-23(35-2)24(15-18)36-17-19-6-4-5-7-22(19)28/h3-13,15-16H,1,14,17H2,2H3/b25-16-,30-27?. The molecule has 0 radical (unpaired) electrons. The summed E-state index contributed by atoms with van der Waals surface area (Å²) in [5.41, 5.74) is 1.42. The number of halogens is 2. The van der Waals surface area contributed by atoms with Crippen LogP contribution < -0.4 is 9.47 Å². The number of carbonyl (C=O) groups excluding carboxylic acids is 1. The Bertz CT molecular complexity index is 1540. The molecule has 0 bridgehead atoms. The van der Waals surface area contributed by atoms with Crippen LogP contribution in [0.1, 0.15) is 11.1 Å². The van der Waals surface area contributed by atoms with Gasteiger partial charge in [-0.1, -0.05) is 41.9 Å². The van der Waals surface area contributed by atoms with Crippen LogP contribution in [-0.4, -0.2) is 38.0 Å². The Morgan fingerprint density at radius 1 is 1.11 bits per heavy atom. The normalized spacial score (nSPS) is 15.8. The Morgan fingerprint density at radius 2 is 1.84 bits per heavy atom. The molecule has 196 valence electrons. The predicted molar refractivity (Wildman–Crippen MR) is 147 cm³/mol. The molecule has 1 amide bonds. The summed E-state index contributed by atoms with van der Waals surface area (Å²) >= 11 is 7.14. The average molecular weight is 573 g/mol. The van der Waals surface area contributed by atoms with Crippen molar-refractivity contribution in [2.75, 3.05) is 13.7 Å². The molecule has 1 aliphatic rings. The lowest BCUT2D eigenvalue weighted by molar-refractivity contribution is -0.121. The van der Waals surface area contributed by atoms with E-state index in [1.54, 1.807) is 30.3 Å². The lowest BCUT2D eigenvalue weighted by Gasteiger charge is -2.13. The molecule has 11 heteroatoms. The summed E-state index contributed by atoms with van der Waals surface area (Å²) in [7, 11) is -2.67. The van der Waals surface area contributed by atoms with Gasteiger partial charge in [0, 0.05) is 17.1 Å². The smallest absolute Gasteiger partial charge is 0.284 e. The van der Waals surface area contributed by atoms with Crippen molar-refractivity contribution in [1.29, 1.82) is 0 Å². The highest BCUT2D eigenvalue weighted by atomic mass is 35.5. The SMILES string of the molecule is C=CCN1C(=O)/C(=C/c2ccc(OC)c(OCc3ccccc3Cl)c2)SC1=NS(=O)(=O)c1ccc(F)cc1. The molecular weight excluding hydrogens is 551 g/mol. The minimum absolute atomic E-state index is 0.0332. The van der Waals surface area contributed by atoms with Crippen LogP contribution in [0.5, 0.6) is 11.5 Å². The highest BCUT2D eigenvalue weighted by Gasteiger charge is 2.34. The molecule has 0 unspecified atom stereocenters. The first-order valence-corrected chi connectivity index (χ1v) is 13.8. The van der Waals surface area contributed by atoms with Gasteiger partial charge in [-0.05, 0) is 65.9 Å². The molecule has 7 nitrogen and oxygen atoms in total. The monoisotopic (exact) mass is 572 g/mol. The van der Waals surface area contributed by atoms with Crippen LogP contribution in [0.2, 0.25) is 5.02 Å². The van der Waals surface area contributed by atoms with Crippen LogP contribution in [0.25, 0.3) is 6.08 Å². The molecule has 0 saturated carbocycles. The number of methoxy groups -OCH3 is 1. The fourth-order valence-electron chi connectivity index (χ4n) is 3.45. The van der Waals surface area contributed by atoms with E-state index >= 15 is 0 Å². The van der Waals surface area contributed by atoms with Crippen molar-refractivity contribution in [2.45, 2.75) is 11.5 Å². The average Bonchev–Trinajstić information content (AvgIpc) is 3.17. The second kappa shape index (κ2) is 11.8.